The summed E-state index contributed by atoms with van der Waals surface area (Å²) in [4.78, 5) is 72.7. The van der Waals surface area contributed by atoms with Crippen LogP contribution in [0.5, 0.6) is 0 Å². The first-order chi connectivity index (χ1) is 28.7. The highest BCUT2D eigenvalue weighted by atomic mass is 35.5. The number of hydrogen-bond donors (Lipinski definition) is 9. The first-order valence-electron chi connectivity index (χ1n) is 17.2. The average molecular weight is 882 g/mol. The Morgan fingerprint density at radius 2 is 1.05 bits per heavy atom. The highest BCUT2D eigenvalue weighted by Crippen LogP contribution is 2.34. The summed E-state index contributed by atoms with van der Waals surface area (Å²) in [5, 5.41) is 55.3. The van der Waals surface area contributed by atoms with Gasteiger partial charge in [-0.25, -0.2) is 20.3 Å². The molecule has 0 heterocycles. The van der Waals surface area contributed by atoms with E-state index in [-0.39, 0.29) is 38.2 Å². The molecular formula is C38H38Cl2N10O11. The Hall–Kier alpha value is -7.40. The molecule has 0 saturated heterocycles. The minimum atomic E-state index is -1.16. The average Bonchev–Trinajstić information content (AvgIpc) is 3.23. The molecule has 61 heavy (non-hydrogen) atoms. The van der Waals surface area contributed by atoms with Crippen molar-refractivity contribution in [2.45, 2.75) is 52.0 Å². The fourth-order valence-electron chi connectivity index (χ4n) is 4.78. The van der Waals surface area contributed by atoms with Gasteiger partial charge in [0.2, 0.25) is 11.4 Å². The van der Waals surface area contributed by atoms with E-state index in [1.54, 1.807) is 26.0 Å². The van der Waals surface area contributed by atoms with Gasteiger partial charge in [-0.15, -0.1) is 0 Å². The molecule has 3 amide bonds. The second-order valence-corrected chi connectivity index (χ2v) is 13.2. The summed E-state index contributed by atoms with van der Waals surface area (Å²) in [6, 6.07) is 13.8. The van der Waals surface area contributed by atoms with Crippen molar-refractivity contribution in [2.75, 3.05) is 10.6 Å². The Labute approximate surface area is 357 Å². The molecule has 0 aliphatic heterocycles. The molecule has 10 N–H and O–H groups in total. The van der Waals surface area contributed by atoms with Gasteiger partial charge in [0.1, 0.15) is 6.04 Å². The lowest BCUT2D eigenvalue weighted by Gasteiger charge is -2.23. The minimum Gasteiger partial charge on any atom is -0.480 e. The number of anilines is 2. The first-order valence-corrected chi connectivity index (χ1v) is 18.0. The third-order valence-electron chi connectivity index (χ3n) is 8.22. The van der Waals surface area contributed by atoms with Crippen LogP contribution in [0.1, 0.15) is 45.7 Å². The molecule has 320 valence electrons. The molecule has 4 atom stereocenters. The van der Waals surface area contributed by atoms with E-state index in [1.165, 1.54) is 62.4 Å². The number of carboxylic acid groups (broad SMARTS) is 1. The fourth-order valence-corrected chi connectivity index (χ4v) is 5.19. The first kappa shape index (κ1) is 49.7. The maximum atomic E-state index is 12.5. The molecule has 4 aromatic rings. The van der Waals surface area contributed by atoms with Gasteiger partial charge < -0.3 is 26.0 Å². The van der Waals surface area contributed by atoms with Crippen LogP contribution in [0, 0.1) is 47.2 Å². The lowest BCUT2D eigenvalue weighted by molar-refractivity contribution is -0.385. The number of carbonyl (C=O) groups excluding carboxylic acids is 3. The van der Waals surface area contributed by atoms with Crippen molar-refractivity contribution in [2.24, 2.45) is 5.84 Å². The number of nitro benzene ring substituents is 2. The number of aliphatic hydroxyl groups excluding tert-OH is 2. The second-order valence-electron chi connectivity index (χ2n) is 12.5. The van der Waals surface area contributed by atoms with Crippen LogP contribution in [-0.4, -0.2) is 73.1 Å². The Bertz CT molecular complexity index is 2350. The SMILES string of the molecule is NNC(=O)c1ccc([N+](=O)[O-])cc1.[C-]#[N+]c1ccc(N[C@@H](C(=O)NNC(=O)c2ccc([N+](=O)[O-])cc2)[C@@H](C)O)c(C)c1Cl.[C-]#[N+]c1ccc(N[C@@H](C(=O)O)[C@@H](C)O)c(C)c1Cl. The molecule has 21 nitrogen and oxygen atoms in total. The third kappa shape index (κ3) is 14.1. The predicted octanol–water partition coefficient (Wildman–Crippen LogP) is 5.37. The fraction of sp³-hybridized carbons (Fsp3) is 0.211. The Morgan fingerprint density at radius 3 is 1.38 bits per heavy atom. The second kappa shape index (κ2) is 23.3. The molecule has 0 aliphatic carbocycles. The van der Waals surface area contributed by atoms with E-state index in [2.05, 4.69) is 31.2 Å². The predicted molar refractivity (Wildman–Crippen MR) is 224 cm³/mol. The van der Waals surface area contributed by atoms with Gasteiger partial charge >= 0.3 is 5.97 Å². The maximum absolute atomic E-state index is 12.5. The smallest absolute Gasteiger partial charge is 0.328 e. The number of aliphatic carboxylic acids is 1. The van der Waals surface area contributed by atoms with E-state index < -0.39 is 57.8 Å². The largest absolute Gasteiger partial charge is 0.480 e. The zero-order valence-electron chi connectivity index (χ0n) is 32.5. The number of carboxylic acids is 1. The number of carbonyl (C=O) groups is 4. The van der Waals surface area contributed by atoms with E-state index in [1.807, 2.05) is 5.43 Å². The molecule has 0 radical (unpaired) electrons. The van der Waals surface area contributed by atoms with Gasteiger partial charge in [-0.05, 0) is 75.2 Å². The molecule has 0 saturated carbocycles. The van der Waals surface area contributed by atoms with Crippen molar-refractivity contribution in [3.63, 3.8) is 0 Å². The Balaban J connectivity index is 0.000000349. The van der Waals surface area contributed by atoms with Crippen molar-refractivity contribution < 1.29 is 44.3 Å². The van der Waals surface area contributed by atoms with Crippen LogP contribution in [0.2, 0.25) is 10.0 Å². The third-order valence-corrected chi connectivity index (χ3v) is 9.17. The van der Waals surface area contributed by atoms with Crippen molar-refractivity contribution in [3.8, 4) is 0 Å². The molecular weight excluding hydrogens is 843 g/mol. The number of benzene rings is 4. The van der Waals surface area contributed by atoms with Crippen LogP contribution in [0.4, 0.5) is 34.1 Å². The lowest BCUT2D eigenvalue weighted by atomic mass is 10.1. The van der Waals surface area contributed by atoms with E-state index in [9.17, 15) is 49.6 Å². The standard InChI is InChI=1S/C19H18ClN5O5.C12H13ClN2O3.C7H7N3O3/c1-10-14(8-9-15(21-3)16(10)20)22-17(11(2)26)19(28)24-23-18(27)12-4-6-13(7-5-12)25(29)30;1-6-8(4-5-9(14-3)10(6)13)15-11(7(2)16)12(17)18;8-9-7(11)5-1-3-6(4-2-5)10(12)13/h4-9,11,17,22,26H,1-2H3,(H,23,27)(H,24,28);4-5,7,11,15-16H,1-2H3,(H,17,18);1-4H,8H2,(H,9,11)/t11-,17-;7-,11-;/m11./s1. The van der Waals surface area contributed by atoms with E-state index in [4.69, 9.17) is 47.3 Å². The summed E-state index contributed by atoms with van der Waals surface area (Å²) in [7, 11) is 0. The molecule has 0 unspecified atom stereocenters. The number of halogens is 2. The number of nitrogens with one attached hydrogen (secondary N) is 5. The Morgan fingerprint density at radius 1 is 0.672 bits per heavy atom. The molecule has 4 rings (SSSR count). The molecule has 23 heteroatoms. The monoisotopic (exact) mass is 880 g/mol. The molecule has 0 aromatic heterocycles. The summed E-state index contributed by atoms with van der Waals surface area (Å²) < 4.78 is 0. The van der Waals surface area contributed by atoms with Crippen molar-refractivity contribution in [1.29, 1.82) is 0 Å². The van der Waals surface area contributed by atoms with Crippen LogP contribution >= 0.6 is 23.2 Å². The topological polar surface area (TPSA) is 310 Å². The summed E-state index contributed by atoms with van der Waals surface area (Å²) in [6.07, 6.45) is -2.19. The van der Waals surface area contributed by atoms with Crippen LogP contribution in [0.15, 0.2) is 72.8 Å². The number of non-ortho nitro benzene ring substituents is 2. The van der Waals surface area contributed by atoms with Gasteiger partial charge in [0.25, 0.3) is 29.1 Å². The summed E-state index contributed by atoms with van der Waals surface area (Å²) in [5.74, 6) is 1.81. The van der Waals surface area contributed by atoms with E-state index >= 15 is 0 Å². The maximum Gasteiger partial charge on any atom is 0.328 e. The highest BCUT2D eigenvalue weighted by Gasteiger charge is 2.26. The molecule has 0 fully saturated rings. The van der Waals surface area contributed by atoms with Gasteiger partial charge in [0.15, 0.2) is 6.04 Å². The molecule has 0 bridgehead atoms. The molecule has 4 aromatic carbocycles. The summed E-state index contributed by atoms with van der Waals surface area (Å²) in [6.45, 7) is 20.1. The number of rotatable bonds is 12. The van der Waals surface area contributed by atoms with Gasteiger partial charge in [0, 0.05) is 46.8 Å². The van der Waals surface area contributed by atoms with Gasteiger partial charge in [-0.2, -0.15) is 0 Å². The van der Waals surface area contributed by atoms with Crippen molar-refractivity contribution >= 4 is 81.0 Å². The summed E-state index contributed by atoms with van der Waals surface area (Å²) in [5.41, 5.74) is 9.06. The highest BCUT2D eigenvalue weighted by molar-refractivity contribution is 6.35. The van der Waals surface area contributed by atoms with Gasteiger partial charge in [-0.3, -0.25) is 50.9 Å². The normalized spacial score (nSPS) is 12.0. The number of amides is 3. The lowest BCUT2D eigenvalue weighted by Crippen LogP contribution is -2.52. The number of nitro groups is 2. The number of hydrogen-bond acceptors (Lipinski definition) is 13. The minimum absolute atomic E-state index is 0.0615. The van der Waals surface area contributed by atoms with Gasteiger partial charge in [-0.1, -0.05) is 35.3 Å². The Kier molecular flexibility index (Phi) is 19.0. The van der Waals surface area contributed by atoms with E-state index in [0.717, 1.165) is 12.1 Å². The number of aliphatic hydroxyl groups is 2. The number of nitrogens with zero attached hydrogens (tertiary/aromatic N) is 4. The zero-order valence-corrected chi connectivity index (χ0v) is 34.0. The van der Waals surface area contributed by atoms with Crippen molar-refractivity contribution in [1.82, 2.24) is 16.3 Å². The number of hydrazine groups is 2. The van der Waals surface area contributed by atoms with Gasteiger partial charge in [0.05, 0.1) is 45.2 Å². The summed E-state index contributed by atoms with van der Waals surface area (Å²) >= 11 is 12.1. The number of nitrogens with two attached hydrogens (primary N) is 1. The van der Waals surface area contributed by atoms with Crippen LogP contribution in [0.25, 0.3) is 9.69 Å². The van der Waals surface area contributed by atoms with Crippen molar-refractivity contribution in [3.05, 3.63) is 148 Å². The zero-order chi connectivity index (χ0) is 46.1. The quantitative estimate of drug-likeness (QED) is 0.0284. The van der Waals surface area contributed by atoms with E-state index in [0.29, 0.717) is 28.2 Å². The molecule has 0 aliphatic rings. The van der Waals surface area contributed by atoms with Crippen LogP contribution in [0.3, 0.4) is 0 Å². The van der Waals surface area contributed by atoms with Crippen LogP contribution in [-0.2, 0) is 9.59 Å². The van der Waals surface area contributed by atoms with Crippen LogP contribution < -0.4 is 32.8 Å². The molecule has 0 spiro atoms. The number of nitrogen functional groups attached to an aromatic ring is 1.